The molecule has 0 saturated carbocycles. The van der Waals surface area contributed by atoms with E-state index >= 15 is 0 Å². The van der Waals surface area contributed by atoms with E-state index < -0.39 is 0 Å². The van der Waals surface area contributed by atoms with Crippen molar-refractivity contribution >= 4 is 27.8 Å². The maximum atomic E-state index is 13.6. The van der Waals surface area contributed by atoms with Gasteiger partial charge in [0.25, 0.3) is 5.56 Å². The molecule has 0 radical (unpaired) electrons. The van der Waals surface area contributed by atoms with E-state index in [0.29, 0.717) is 25.1 Å². The average Bonchev–Trinajstić information content (AvgIpc) is 3.45. The van der Waals surface area contributed by atoms with Crippen molar-refractivity contribution in [3.63, 3.8) is 0 Å². The van der Waals surface area contributed by atoms with Crippen molar-refractivity contribution in [2.75, 3.05) is 6.54 Å². The van der Waals surface area contributed by atoms with Crippen LogP contribution in [0, 0.1) is 20.8 Å². The zero-order valence-corrected chi connectivity index (χ0v) is 21.9. The third kappa shape index (κ3) is 4.57. The summed E-state index contributed by atoms with van der Waals surface area (Å²) in [5.74, 6) is -0.0473. The molecule has 0 aliphatic rings. The summed E-state index contributed by atoms with van der Waals surface area (Å²) in [7, 11) is 0. The molecule has 0 aliphatic carbocycles. The molecule has 1 amide bonds. The molecule has 0 fully saturated rings. The maximum Gasteiger partial charge on any atom is 0.255 e. The lowest BCUT2D eigenvalue weighted by atomic mass is 10.0. The number of aryl methyl sites for hydroxylation is 4. The standard InChI is InChI=1S/C30H33N5O2/c1-5-34-29-28(21(4)33-35(29)23-10-8-9-19(2)17-23)20(3)24(30(34)37)13-14-27(36)31-16-15-22-18-32-26-12-7-6-11-25(22)26/h6-12,17-18,32H,5,13-16H2,1-4H3,(H,31,36). The molecule has 7 heteroatoms. The summed E-state index contributed by atoms with van der Waals surface area (Å²) in [5, 5.41) is 10.0. The van der Waals surface area contributed by atoms with Crippen LogP contribution in [-0.2, 0) is 24.2 Å². The molecule has 7 nitrogen and oxygen atoms in total. The highest BCUT2D eigenvalue weighted by Crippen LogP contribution is 2.26. The average molecular weight is 496 g/mol. The molecule has 0 atom stereocenters. The minimum absolute atomic E-state index is 0.0473. The Bertz CT molecular complexity index is 1670. The van der Waals surface area contributed by atoms with Crippen LogP contribution < -0.4 is 10.9 Å². The van der Waals surface area contributed by atoms with Crippen molar-refractivity contribution in [3.05, 3.63) is 93.0 Å². The zero-order chi connectivity index (χ0) is 26.1. The second-order valence-electron chi connectivity index (χ2n) is 9.65. The van der Waals surface area contributed by atoms with Crippen molar-refractivity contribution in [1.82, 2.24) is 24.6 Å². The highest BCUT2D eigenvalue weighted by atomic mass is 16.1. The number of benzene rings is 2. The predicted octanol–water partition coefficient (Wildman–Crippen LogP) is 4.91. The monoisotopic (exact) mass is 495 g/mol. The first kappa shape index (κ1) is 24.6. The first-order valence-electron chi connectivity index (χ1n) is 12.9. The molecule has 0 aliphatic heterocycles. The van der Waals surface area contributed by atoms with Gasteiger partial charge in [-0.2, -0.15) is 5.10 Å². The van der Waals surface area contributed by atoms with E-state index in [2.05, 4.69) is 22.4 Å². The van der Waals surface area contributed by atoms with Gasteiger partial charge in [-0.1, -0.05) is 30.3 Å². The molecule has 37 heavy (non-hydrogen) atoms. The molecule has 2 aromatic carbocycles. The summed E-state index contributed by atoms with van der Waals surface area (Å²) < 4.78 is 3.66. The smallest absolute Gasteiger partial charge is 0.255 e. The fourth-order valence-electron chi connectivity index (χ4n) is 5.30. The molecule has 5 rings (SSSR count). The van der Waals surface area contributed by atoms with E-state index in [-0.39, 0.29) is 17.9 Å². The summed E-state index contributed by atoms with van der Waals surface area (Å²) in [6, 6.07) is 16.3. The van der Waals surface area contributed by atoms with Gasteiger partial charge in [0.1, 0.15) is 5.65 Å². The first-order valence-corrected chi connectivity index (χ1v) is 12.9. The van der Waals surface area contributed by atoms with E-state index in [1.807, 2.05) is 75.0 Å². The number of nitrogens with zero attached hydrogens (tertiary/aromatic N) is 3. The van der Waals surface area contributed by atoms with Gasteiger partial charge >= 0.3 is 0 Å². The number of H-pyrrole nitrogens is 1. The van der Waals surface area contributed by atoms with Crippen molar-refractivity contribution in [1.29, 1.82) is 0 Å². The van der Waals surface area contributed by atoms with Crippen molar-refractivity contribution in [2.45, 2.75) is 53.5 Å². The van der Waals surface area contributed by atoms with Gasteiger partial charge in [0.05, 0.1) is 11.4 Å². The SMILES string of the molecule is CCn1c(=O)c(CCC(=O)NCCc2c[nH]c3ccccc23)c(C)c2c(C)nn(-c3cccc(C)c3)c21. The number of hydrogen-bond acceptors (Lipinski definition) is 3. The normalized spacial score (nSPS) is 11.5. The molecule has 5 aromatic rings. The highest BCUT2D eigenvalue weighted by Gasteiger charge is 2.21. The van der Waals surface area contributed by atoms with E-state index in [0.717, 1.165) is 45.5 Å². The van der Waals surface area contributed by atoms with E-state index in [1.54, 1.807) is 4.57 Å². The second-order valence-corrected chi connectivity index (χ2v) is 9.65. The van der Waals surface area contributed by atoms with Gasteiger partial charge in [-0.3, -0.25) is 14.2 Å². The highest BCUT2D eigenvalue weighted by molar-refractivity contribution is 5.85. The number of aromatic nitrogens is 4. The van der Waals surface area contributed by atoms with E-state index in [9.17, 15) is 9.59 Å². The zero-order valence-electron chi connectivity index (χ0n) is 21.9. The topological polar surface area (TPSA) is 84.7 Å². The van der Waals surface area contributed by atoms with Crippen LogP contribution in [0.2, 0.25) is 0 Å². The number of carbonyl (C=O) groups excluding carboxylic acids is 1. The molecule has 190 valence electrons. The van der Waals surface area contributed by atoms with Gasteiger partial charge in [0, 0.05) is 47.6 Å². The summed E-state index contributed by atoms with van der Waals surface area (Å²) in [6.07, 6.45) is 3.42. The van der Waals surface area contributed by atoms with E-state index in [1.165, 1.54) is 10.9 Å². The van der Waals surface area contributed by atoms with Crippen LogP contribution in [0.15, 0.2) is 59.5 Å². The van der Waals surface area contributed by atoms with Crippen LogP contribution in [0.5, 0.6) is 0 Å². The first-order chi connectivity index (χ1) is 17.9. The number of aromatic amines is 1. The molecule has 0 spiro atoms. The van der Waals surface area contributed by atoms with Crippen LogP contribution >= 0.6 is 0 Å². The molecule has 0 unspecified atom stereocenters. The third-order valence-electron chi connectivity index (χ3n) is 7.18. The van der Waals surface area contributed by atoms with Gasteiger partial charge in [0.2, 0.25) is 5.91 Å². The Morgan fingerprint density at radius 2 is 1.86 bits per heavy atom. The summed E-state index contributed by atoms with van der Waals surface area (Å²) in [4.78, 5) is 29.6. The minimum atomic E-state index is -0.0482. The Morgan fingerprint density at radius 3 is 2.65 bits per heavy atom. The second kappa shape index (κ2) is 10.1. The number of rotatable bonds is 8. The third-order valence-corrected chi connectivity index (χ3v) is 7.18. The predicted molar refractivity (Wildman–Crippen MR) is 149 cm³/mol. The van der Waals surface area contributed by atoms with Gasteiger partial charge in [-0.05, 0) is 75.4 Å². The van der Waals surface area contributed by atoms with Crippen LogP contribution in [0.25, 0.3) is 27.6 Å². The molecule has 0 bridgehead atoms. The van der Waals surface area contributed by atoms with Crippen LogP contribution in [-0.4, -0.2) is 31.8 Å². The van der Waals surface area contributed by atoms with Gasteiger partial charge in [-0.25, -0.2) is 4.68 Å². The molecule has 0 saturated heterocycles. The van der Waals surface area contributed by atoms with E-state index in [4.69, 9.17) is 5.10 Å². The Hall–Kier alpha value is -4.13. The molecule has 2 N–H and O–H groups in total. The largest absolute Gasteiger partial charge is 0.361 e. The lowest BCUT2D eigenvalue weighted by molar-refractivity contribution is -0.121. The maximum absolute atomic E-state index is 13.6. The van der Waals surface area contributed by atoms with Crippen molar-refractivity contribution in [2.24, 2.45) is 0 Å². The Labute approximate surface area is 216 Å². The Balaban J connectivity index is 1.35. The quantitative estimate of drug-likeness (QED) is 0.321. The summed E-state index contributed by atoms with van der Waals surface area (Å²) in [5.41, 5.74) is 7.58. The van der Waals surface area contributed by atoms with Crippen LogP contribution in [0.4, 0.5) is 0 Å². The number of hydrogen-bond donors (Lipinski definition) is 2. The lowest BCUT2D eigenvalue weighted by Gasteiger charge is -2.15. The van der Waals surface area contributed by atoms with Crippen LogP contribution in [0.3, 0.4) is 0 Å². The van der Waals surface area contributed by atoms with Gasteiger partial charge in [0.15, 0.2) is 0 Å². The number of carbonyl (C=O) groups is 1. The Morgan fingerprint density at radius 1 is 1.05 bits per heavy atom. The molecule has 3 aromatic heterocycles. The fourth-order valence-corrected chi connectivity index (χ4v) is 5.30. The molecular weight excluding hydrogens is 462 g/mol. The van der Waals surface area contributed by atoms with Crippen LogP contribution in [0.1, 0.15) is 41.3 Å². The number of fused-ring (bicyclic) bond motifs is 2. The number of pyridine rings is 1. The van der Waals surface area contributed by atoms with Crippen molar-refractivity contribution in [3.8, 4) is 5.69 Å². The molecule has 3 heterocycles. The number of nitrogens with one attached hydrogen (secondary N) is 2. The summed E-state index contributed by atoms with van der Waals surface area (Å²) >= 11 is 0. The lowest BCUT2D eigenvalue weighted by Crippen LogP contribution is -2.29. The van der Waals surface area contributed by atoms with Gasteiger partial charge < -0.3 is 10.3 Å². The number of amides is 1. The number of para-hydroxylation sites is 1. The van der Waals surface area contributed by atoms with Crippen molar-refractivity contribution < 1.29 is 4.79 Å². The minimum Gasteiger partial charge on any atom is -0.361 e. The fraction of sp³-hybridized carbons (Fsp3) is 0.300. The summed E-state index contributed by atoms with van der Waals surface area (Å²) in [6.45, 7) is 9.05. The molecular formula is C30H33N5O2. The Kier molecular flexibility index (Phi) is 6.70. The van der Waals surface area contributed by atoms with Gasteiger partial charge in [-0.15, -0.1) is 0 Å².